The van der Waals surface area contributed by atoms with Crippen molar-refractivity contribution >= 4 is 5.69 Å². The average Bonchev–Trinajstić information content (AvgIpc) is 3.18. The molecule has 0 saturated carbocycles. The van der Waals surface area contributed by atoms with Crippen LogP contribution in [-0.2, 0) is 0 Å². The van der Waals surface area contributed by atoms with Gasteiger partial charge in [-0.15, -0.1) is 0 Å². The van der Waals surface area contributed by atoms with Crippen LogP contribution in [0.5, 0.6) is 0 Å². The monoisotopic (exact) mass is 615 g/mol. The van der Waals surface area contributed by atoms with E-state index in [1.54, 1.807) is 36.8 Å². The highest BCUT2D eigenvalue weighted by atomic mass is 15.0. The molecule has 222 valence electrons. The van der Waals surface area contributed by atoms with E-state index >= 15 is 0 Å². The van der Waals surface area contributed by atoms with Gasteiger partial charge in [0.25, 0.3) is 0 Å². The van der Waals surface area contributed by atoms with Crippen LogP contribution >= 0.6 is 0 Å². The van der Waals surface area contributed by atoms with E-state index in [9.17, 15) is 10.5 Å². The van der Waals surface area contributed by atoms with Crippen LogP contribution in [0.2, 0.25) is 0 Å². The molecule has 4 heterocycles. The molecule has 0 N–H and O–H groups in total. The van der Waals surface area contributed by atoms with Crippen LogP contribution in [0, 0.1) is 29.2 Å². The van der Waals surface area contributed by atoms with Gasteiger partial charge in [-0.05, 0) is 48.5 Å². The molecular weight excluding hydrogens is 594 g/mol. The number of nitrogens with zero attached hydrogens (tertiary/aromatic N) is 9. The molecule has 3 aromatic carbocycles. The number of hydrogen-bond acceptors (Lipinski definition) is 8. The highest BCUT2D eigenvalue weighted by Crippen LogP contribution is 2.31. The summed E-state index contributed by atoms with van der Waals surface area (Å²) in [5, 5.41) is 18.4. The predicted octanol–water partition coefficient (Wildman–Crippen LogP) is 8.35. The Morgan fingerprint density at radius 2 is 0.833 bits per heavy atom. The van der Waals surface area contributed by atoms with Crippen LogP contribution in [0.15, 0.2) is 128 Å². The van der Waals surface area contributed by atoms with Gasteiger partial charge in [0, 0.05) is 52.0 Å². The molecule has 0 aliphatic heterocycles. The summed E-state index contributed by atoms with van der Waals surface area (Å²) in [5.74, 6) is 1.41. The maximum atomic E-state index is 9.20. The van der Waals surface area contributed by atoms with Gasteiger partial charge in [0.05, 0.1) is 34.8 Å². The largest absolute Gasteiger partial charge is 0.268 e. The fourth-order valence-corrected chi connectivity index (χ4v) is 5.10. The Morgan fingerprint density at radius 3 is 1.15 bits per heavy atom. The molecule has 0 aliphatic rings. The lowest BCUT2D eigenvalue weighted by Gasteiger charge is -2.11. The third-order valence-electron chi connectivity index (χ3n) is 7.55. The van der Waals surface area contributed by atoms with Crippen LogP contribution in [-0.4, -0.2) is 29.9 Å². The smallest absolute Gasteiger partial charge is 0.205 e. The molecule has 9 nitrogen and oxygen atoms in total. The summed E-state index contributed by atoms with van der Waals surface area (Å²) in [7, 11) is 0. The molecule has 7 aromatic rings. The lowest BCUT2D eigenvalue weighted by atomic mass is 10.0. The molecule has 7 rings (SSSR count). The van der Waals surface area contributed by atoms with E-state index in [0.717, 1.165) is 50.5 Å². The van der Waals surface area contributed by atoms with Crippen LogP contribution in [0.1, 0.15) is 11.1 Å². The molecule has 48 heavy (non-hydrogen) atoms. The second-order valence-corrected chi connectivity index (χ2v) is 10.6. The van der Waals surface area contributed by atoms with Gasteiger partial charge in [0.15, 0.2) is 17.5 Å². The Kier molecular flexibility index (Phi) is 7.88. The quantitative estimate of drug-likeness (QED) is 0.171. The van der Waals surface area contributed by atoms with Crippen molar-refractivity contribution in [1.29, 1.82) is 10.5 Å². The molecule has 4 aromatic heterocycles. The van der Waals surface area contributed by atoms with Gasteiger partial charge < -0.3 is 0 Å². The molecular formula is C39H21N9. The molecule has 0 aliphatic carbocycles. The number of hydrogen-bond donors (Lipinski definition) is 0. The minimum absolute atomic E-state index is 0.470. The summed E-state index contributed by atoms with van der Waals surface area (Å²) in [6, 6.07) is 38.2. The summed E-state index contributed by atoms with van der Waals surface area (Å²) in [4.78, 5) is 31.6. The standard InChI is InChI=1S/C39H21N9/c1-42-33-13-16-36(45-24-33)29-7-4-10-32(19-29)39-47-37(30-8-2-5-27(17-30)34-14-11-25(20-40)22-43-34)46-38(48-39)31-9-3-6-28(18-31)35-15-12-26(21-41)23-44-35/h2-19,22-24H. The zero-order valence-corrected chi connectivity index (χ0v) is 25.1. The van der Waals surface area contributed by atoms with Crippen molar-refractivity contribution in [3.63, 3.8) is 0 Å². The molecule has 0 bridgehead atoms. The molecule has 0 saturated heterocycles. The summed E-state index contributed by atoms with van der Waals surface area (Å²) >= 11 is 0. The molecule has 0 amide bonds. The molecule has 0 atom stereocenters. The van der Waals surface area contributed by atoms with Crippen molar-refractivity contribution in [2.24, 2.45) is 0 Å². The lowest BCUT2D eigenvalue weighted by molar-refractivity contribution is 1.07. The fourth-order valence-electron chi connectivity index (χ4n) is 5.10. The third-order valence-corrected chi connectivity index (χ3v) is 7.55. The van der Waals surface area contributed by atoms with Crippen LogP contribution in [0.25, 0.3) is 72.8 Å². The van der Waals surface area contributed by atoms with Crippen LogP contribution < -0.4 is 0 Å². The van der Waals surface area contributed by atoms with E-state index in [-0.39, 0.29) is 0 Å². The maximum absolute atomic E-state index is 9.20. The first-order valence-electron chi connectivity index (χ1n) is 14.7. The molecule has 0 radical (unpaired) electrons. The van der Waals surface area contributed by atoms with E-state index in [2.05, 4.69) is 31.9 Å². The van der Waals surface area contributed by atoms with E-state index in [4.69, 9.17) is 21.5 Å². The van der Waals surface area contributed by atoms with E-state index in [1.807, 2.05) is 91.0 Å². The Labute approximate surface area is 276 Å². The first-order chi connectivity index (χ1) is 23.6. The highest BCUT2D eigenvalue weighted by Gasteiger charge is 2.15. The molecule has 9 heteroatoms. The highest BCUT2D eigenvalue weighted by molar-refractivity contribution is 5.75. The zero-order valence-electron chi connectivity index (χ0n) is 25.1. The molecule has 0 spiro atoms. The number of nitriles is 2. The second-order valence-electron chi connectivity index (χ2n) is 10.6. The summed E-state index contributed by atoms with van der Waals surface area (Å²) in [6.07, 6.45) is 4.65. The van der Waals surface area contributed by atoms with Gasteiger partial charge in [-0.25, -0.2) is 19.8 Å². The Morgan fingerprint density at radius 1 is 0.458 bits per heavy atom. The fraction of sp³-hybridized carbons (Fsp3) is 0. The van der Waals surface area contributed by atoms with Crippen molar-refractivity contribution in [1.82, 2.24) is 29.9 Å². The number of pyridine rings is 3. The normalized spacial score (nSPS) is 10.4. The first kappa shape index (κ1) is 29.3. The third kappa shape index (κ3) is 6.09. The lowest BCUT2D eigenvalue weighted by Crippen LogP contribution is -2.01. The van der Waals surface area contributed by atoms with Gasteiger partial charge >= 0.3 is 0 Å². The van der Waals surface area contributed by atoms with Gasteiger partial charge in [-0.2, -0.15) is 10.5 Å². The summed E-state index contributed by atoms with van der Waals surface area (Å²) < 4.78 is 0. The number of benzene rings is 3. The predicted molar refractivity (Wildman–Crippen MR) is 182 cm³/mol. The van der Waals surface area contributed by atoms with Crippen LogP contribution in [0.3, 0.4) is 0 Å². The maximum Gasteiger partial charge on any atom is 0.205 e. The number of aromatic nitrogens is 6. The van der Waals surface area contributed by atoms with E-state index in [0.29, 0.717) is 34.3 Å². The topological polar surface area (TPSA) is 129 Å². The van der Waals surface area contributed by atoms with E-state index < -0.39 is 0 Å². The van der Waals surface area contributed by atoms with Gasteiger partial charge in [0.1, 0.15) is 12.1 Å². The van der Waals surface area contributed by atoms with Crippen molar-refractivity contribution in [2.75, 3.05) is 0 Å². The van der Waals surface area contributed by atoms with Crippen molar-refractivity contribution in [3.05, 3.63) is 150 Å². The van der Waals surface area contributed by atoms with Gasteiger partial charge in [-0.1, -0.05) is 60.7 Å². The van der Waals surface area contributed by atoms with E-state index in [1.165, 1.54) is 0 Å². The minimum atomic E-state index is 0.470. The van der Waals surface area contributed by atoms with Crippen molar-refractivity contribution in [2.45, 2.75) is 0 Å². The SMILES string of the molecule is [C-]#[N+]c1ccc(-c2cccc(-c3nc(-c4cccc(-c5ccc(C#N)cn5)c4)nc(-c4cccc(-c5ccc(C#N)cn5)c4)n3)c2)nc1. The molecule has 0 unspecified atom stereocenters. The Balaban J connectivity index is 1.35. The van der Waals surface area contributed by atoms with Gasteiger partial charge in [-0.3, -0.25) is 15.0 Å². The van der Waals surface area contributed by atoms with Crippen molar-refractivity contribution < 1.29 is 0 Å². The van der Waals surface area contributed by atoms with Gasteiger partial charge in [0.2, 0.25) is 5.69 Å². The summed E-state index contributed by atoms with van der Waals surface area (Å²) in [5.41, 5.74) is 8.47. The molecule has 0 fully saturated rings. The van der Waals surface area contributed by atoms with Crippen molar-refractivity contribution in [3.8, 4) is 80.1 Å². The van der Waals surface area contributed by atoms with Crippen LogP contribution in [0.4, 0.5) is 5.69 Å². The summed E-state index contributed by atoms with van der Waals surface area (Å²) in [6.45, 7) is 7.24. The number of rotatable bonds is 6. The average molecular weight is 616 g/mol. The first-order valence-corrected chi connectivity index (χ1v) is 14.7. The zero-order chi connectivity index (χ0) is 32.9. The Bertz CT molecular complexity index is 2130. The minimum Gasteiger partial charge on any atom is -0.268 e. The Hall–Kier alpha value is -7.41. The second kappa shape index (κ2) is 12.9.